The van der Waals surface area contributed by atoms with Crippen LogP contribution < -0.4 is 36.3 Å². The summed E-state index contributed by atoms with van der Waals surface area (Å²) in [4.78, 5) is 72.4. The lowest BCUT2D eigenvalue weighted by molar-refractivity contribution is -0.144. The van der Waals surface area contributed by atoms with Gasteiger partial charge in [-0.3, -0.25) is 33.3 Å². The van der Waals surface area contributed by atoms with Crippen molar-refractivity contribution < 1.29 is 56.0 Å². The van der Waals surface area contributed by atoms with Crippen LogP contribution in [-0.2, 0) is 50.5 Å². The molecule has 0 spiro atoms. The van der Waals surface area contributed by atoms with E-state index in [1.807, 2.05) is 60.7 Å². The van der Waals surface area contributed by atoms with Crippen molar-refractivity contribution in [2.45, 2.75) is 77.1 Å². The Morgan fingerprint density at radius 1 is 0.895 bits per heavy atom. The number of nitrogens with zero attached hydrogens (tertiary/aromatic N) is 3. The number of hydrogen-bond acceptors (Lipinski definition) is 15. The van der Waals surface area contributed by atoms with Crippen LogP contribution in [0.25, 0.3) is 10.4 Å². The number of aliphatic hydroxyl groups excluding tert-OH is 1. The molecule has 1 saturated heterocycles. The number of amides is 4. The number of aryl methyl sites for hydroxylation is 2. The molecule has 6 N–H and O–H groups in total. The average Bonchev–Trinajstić information content (AvgIpc) is 4.00. The van der Waals surface area contributed by atoms with Crippen LogP contribution in [0.15, 0.2) is 88.0 Å². The van der Waals surface area contributed by atoms with E-state index in [2.05, 4.69) is 31.0 Å². The molecule has 1 aliphatic heterocycles. The summed E-state index contributed by atoms with van der Waals surface area (Å²) in [5.41, 5.74) is 3.81. The van der Waals surface area contributed by atoms with Gasteiger partial charge in [0.15, 0.2) is 6.61 Å². The Morgan fingerprint density at radius 2 is 1.57 bits per heavy atom. The van der Waals surface area contributed by atoms with Gasteiger partial charge >= 0.3 is 0 Å². The van der Waals surface area contributed by atoms with Gasteiger partial charge in [-0.25, -0.2) is 17.8 Å². The van der Waals surface area contributed by atoms with E-state index in [0.29, 0.717) is 3.57 Å². The van der Waals surface area contributed by atoms with Crippen LogP contribution in [0.2, 0.25) is 0 Å². The number of ether oxygens (including phenoxy) is 4. The fourth-order valence-electron chi connectivity index (χ4n) is 8.04. The fraction of sp³-hybridized carbons (Fsp3) is 0.423. The smallest absolute Gasteiger partial charge is 0.262 e. The highest BCUT2D eigenvalue weighted by Crippen LogP contribution is 2.32. The highest BCUT2D eigenvalue weighted by molar-refractivity contribution is 14.1. The molecular formula is C52H64FIN8O12S2. The van der Waals surface area contributed by atoms with Gasteiger partial charge in [-0.15, -0.1) is 11.3 Å². The van der Waals surface area contributed by atoms with E-state index < -0.39 is 68.6 Å². The fourth-order valence-corrected chi connectivity index (χ4v) is 10.4. The molecule has 1 fully saturated rings. The Morgan fingerprint density at radius 3 is 2.21 bits per heavy atom. The molecule has 3 heterocycles. The minimum atomic E-state index is -4.20. The van der Waals surface area contributed by atoms with E-state index in [1.54, 1.807) is 43.7 Å². The van der Waals surface area contributed by atoms with Gasteiger partial charge in [-0.2, -0.15) is 0 Å². The molecular weight excluding hydrogens is 1140 g/mol. The molecule has 6 rings (SSSR count). The summed E-state index contributed by atoms with van der Waals surface area (Å²) in [6.07, 6.45) is -0.855. The van der Waals surface area contributed by atoms with Gasteiger partial charge in [0, 0.05) is 35.7 Å². The molecule has 1 aliphatic rings. The molecule has 0 aliphatic carbocycles. The first-order valence-electron chi connectivity index (χ1n) is 24.3. The Kier molecular flexibility index (Phi) is 20.9. The van der Waals surface area contributed by atoms with Crippen molar-refractivity contribution in [2.24, 2.45) is 12.5 Å². The number of benzene rings is 3. The largest absolute Gasteiger partial charge is 0.484 e. The number of rotatable bonds is 25. The maximum atomic E-state index is 14.7. The monoisotopic (exact) mass is 1200 g/mol. The maximum absolute atomic E-state index is 14.7. The molecule has 24 heteroatoms. The molecule has 0 saturated carbocycles. The summed E-state index contributed by atoms with van der Waals surface area (Å²) >= 11 is 3.52. The molecule has 5 aromatic rings. The van der Waals surface area contributed by atoms with E-state index in [1.165, 1.54) is 65.9 Å². The zero-order valence-corrected chi connectivity index (χ0v) is 47.0. The average molecular weight is 1200 g/mol. The van der Waals surface area contributed by atoms with Crippen molar-refractivity contribution >= 4 is 84.8 Å². The molecule has 410 valence electrons. The van der Waals surface area contributed by atoms with Gasteiger partial charge in [0.05, 0.1) is 77.5 Å². The van der Waals surface area contributed by atoms with E-state index in [9.17, 15) is 41.9 Å². The van der Waals surface area contributed by atoms with E-state index in [-0.39, 0.29) is 105 Å². The Hall–Kier alpha value is -6.03. The summed E-state index contributed by atoms with van der Waals surface area (Å²) < 4.78 is 67.9. The number of aliphatic hydroxyl groups is 1. The Bertz CT molecular complexity index is 3010. The lowest BCUT2D eigenvalue weighted by Gasteiger charge is -2.35. The number of β-amino-alcohol motifs (C(OH)–C–C–N with tert-alkyl or cyclic N) is 1. The SMILES string of the molecule is Cc1ncsc1-c1ccc([C@H](C)NC(=O)[C@@H]2C[C@@H](O)CN2C(=O)[C@@H](NC(=O)COCCOCCOCCNC(=O)COc2ccc(S(=O)(=O)Nc3cc(C)c(=O)n(C)c3Nc3ccc(I)cc3F)cc2)C(C)(C)C)cc1. The summed E-state index contributed by atoms with van der Waals surface area (Å²) in [5.74, 6) is -2.20. The lowest BCUT2D eigenvalue weighted by Crippen LogP contribution is -2.58. The molecule has 3 aromatic carbocycles. The molecule has 0 radical (unpaired) electrons. The third-order valence-electron chi connectivity index (χ3n) is 12.1. The summed E-state index contributed by atoms with van der Waals surface area (Å²) in [7, 11) is -2.77. The van der Waals surface area contributed by atoms with Gasteiger partial charge < -0.3 is 50.2 Å². The number of pyridine rings is 1. The number of hydrogen-bond donors (Lipinski definition) is 6. The number of nitrogens with one attached hydrogen (secondary N) is 5. The first-order chi connectivity index (χ1) is 36.0. The first-order valence-corrected chi connectivity index (χ1v) is 27.7. The first kappa shape index (κ1) is 59.2. The lowest BCUT2D eigenvalue weighted by atomic mass is 9.85. The predicted molar refractivity (Wildman–Crippen MR) is 293 cm³/mol. The Balaban J connectivity index is 0.841. The quantitative estimate of drug-likeness (QED) is 0.0319. The second-order valence-electron chi connectivity index (χ2n) is 19.1. The van der Waals surface area contributed by atoms with E-state index in [0.717, 1.165) is 21.7 Å². The number of aromatic nitrogens is 2. The van der Waals surface area contributed by atoms with E-state index >= 15 is 0 Å². The van der Waals surface area contributed by atoms with Crippen LogP contribution in [0.5, 0.6) is 5.75 Å². The molecule has 0 bridgehead atoms. The minimum Gasteiger partial charge on any atom is -0.484 e. The van der Waals surface area contributed by atoms with Gasteiger partial charge in [-0.05, 0) is 108 Å². The van der Waals surface area contributed by atoms with Crippen LogP contribution in [0.1, 0.15) is 57.0 Å². The normalized spacial score (nSPS) is 15.4. The van der Waals surface area contributed by atoms with Crippen molar-refractivity contribution in [2.75, 3.05) is 69.4 Å². The Labute approximate surface area is 458 Å². The summed E-state index contributed by atoms with van der Waals surface area (Å²) in [6.45, 7) is 11.0. The minimum absolute atomic E-state index is 0.0198. The standard InChI is InChI=1S/C52H64FIN8O12S2/c1-31-24-42(48(61(7)50(31)67)58-41-17-12-36(54)25-40(41)53)60-76(69,70)39-15-13-38(14-16-39)74-29-44(64)55-18-19-71-20-21-72-22-23-73-28-45(65)59-47(52(4,5)6)51(68)62-27-37(63)26-43(62)49(66)57-32(2)34-8-10-35(11-9-34)46-33(3)56-30-75-46/h8-17,24-25,30,32,37,43,47,58,60,63H,18-23,26-29H2,1-7H3,(H,55,64)(H,57,66)(H,59,65)/t32-,37+,43-,47+/m0/s1. The van der Waals surface area contributed by atoms with Crippen molar-refractivity contribution in [3.8, 4) is 16.2 Å². The van der Waals surface area contributed by atoms with Crippen molar-refractivity contribution in [1.29, 1.82) is 0 Å². The molecule has 4 amide bonds. The maximum Gasteiger partial charge on any atom is 0.262 e. The number of anilines is 3. The van der Waals surface area contributed by atoms with Crippen LogP contribution in [0.4, 0.5) is 21.6 Å². The van der Waals surface area contributed by atoms with Crippen LogP contribution in [0.3, 0.4) is 0 Å². The van der Waals surface area contributed by atoms with Gasteiger partial charge in [0.1, 0.15) is 36.1 Å². The number of sulfonamides is 1. The van der Waals surface area contributed by atoms with Crippen LogP contribution in [0, 0.1) is 28.6 Å². The molecule has 76 heavy (non-hydrogen) atoms. The van der Waals surface area contributed by atoms with Gasteiger partial charge in [0.2, 0.25) is 17.7 Å². The zero-order chi connectivity index (χ0) is 55.3. The summed E-state index contributed by atoms with van der Waals surface area (Å²) in [6, 6.07) is 16.7. The highest BCUT2D eigenvalue weighted by atomic mass is 127. The third-order valence-corrected chi connectivity index (χ3v) is 15.2. The number of carbonyl (C=O) groups excluding carboxylic acids is 4. The van der Waals surface area contributed by atoms with E-state index in [4.69, 9.17) is 18.9 Å². The second-order valence-corrected chi connectivity index (χ2v) is 22.9. The predicted octanol–water partition coefficient (Wildman–Crippen LogP) is 5.33. The number of halogens is 2. The number of likely N-dealkylation sites (tertiary alicyclic amines) is 1. The van der Waals surface area contributed by atoms with Crippen LogP contribution in [-0.4, -0.2) is 129 Å². The van der Waals surface area contributed by atoms with Crippen molar-refractivity contribution in [1.82, 2.24) is 30.4 Å². The molecule has 0 unspecified atom stereocenters. The van der Waals surface area contributed by atoms with Crippen LogP contribution >= 0.6 is 33.9 Å². The summed E-state index contributed by atoms with van der Waals surface area (Å²) in [5, 5.41) is 21.9. The molecule has 4 atom stereocenters. The van der Waals surface area contributed by atoms with Gasteiger partial charge in [0.25, 0.3) is 21.5 Å². The van der Waals surface area contributed by atoms with Crippen molar-refractivity contribution in [3.63, 3.8) is 0 Å². The topological polar surface area (TPSA) is 258 Å². The third kappa shape index (κ3) is 16.2. The van der Waals surface area contributed by atoms with Crippen molar-refractivity contribution in [3.05, 3.63) is 115 Å². The number of thiazole rings is 1. The van der Waals surface area contributed by atoms with Gasteiger partial charge in [-0.1, -0.05) is 45.0 Å². The highest BCUT2D eigenvalue weighted by Gasteiger charge is 2.44. The number of carbonyl (C=O) groups is 4. The second kappa shape index (κ2) is 26.8. The molecule has 2 aromatic heterocycles. The zero-order valence-electron chi connectivity index (χ0n) is 43.2. The molecule has 20 nitrogen and oxygen atoms in total.